The van der Waals surface area contributed by atoms with Crippen molar-refractivity contribution in [1.29, 1.82) is 0 Å². The van der Waals surface area contributed by atoms with Crippen LogP contribution in [0.15, 0.2) is 42.5 Å². The van der Waals surface area contributed by atoms with Crippen molar-refractivity contribution in [3.63, 3.8) is 0 Å². The number of carbonyl (C=O) groups is 1. The summed E-state index contributed by atoms with van der Waals surface area (Å²) in [6.07, 6.45) is 4.31. The molecule has 2 amide bonds. The van der Waals surface area contributed by atoms with Crippen molar-refractivity contribution in [1.82, 2.24) is 9.88 Å². The van der Waals surface area contributed by atoms with E-state index in [0.717, 1.165) is 30.6 Å². The highest BCUT2D eigenvalue weighted by atomic mass is 16.3. The lowest BCUT2D eigenvalue weighted by molar-refractivity contribution is 0.207. The molecule has 0 spiro atoms. The fourth-order valence-corrected chi connectivity index (χ4v) is 3.36. The average molecular weight is 323 g/mol. The Kier molecular flexibility index (Phi) is 3.84. The summed E-state index contributed by atoms with van der Waals surface area (Å²) in [5.41, 5.74) is 2.13. The standard InChI is InChI=1S/C19H21N3O2/c23-15-10-8-14(9-11-15)17-4-2-12-22(17)19(24)21-18-5-1-3-16(20-18)13-6-7-13/h1,3,5,8-11,13,17,23H,2,4,6-7,12H2,(H,20,21,24). The molecule has 1 aliphatic heterocycles. The van der Waals surface area contributed by atoms with E-state index in [-0.39, 0.29) is 17.8 Å². The molecule has 2 aliphatic rings. The van der Waals surface area contributed by atoms with Crippen LogP contribution in [0.1, 0.15) is 48.9 Å². The summed E-state index contributed by atoms with van der Waals surface area (Å²) in [4.78, 5) is 19.1. The van der Waals surface area contributed by atoms with Crippen molar-refractivity contribution >= 4 is 11.8 Å². The molecule has 1 saturated heterocycles. The number of anilines is 1. The minimum absolute atomic E-state index is 0.0530. The fraction of sp³-hybridized carbons (Fsp3) is 0.368. The fourth-order valence-electron chi connectivity index (χ4n) is 3.36. The van der Waals surface area contributed by atoms with Crippen LogP contribution < -0.4 is 5.32 Å². The number of pyridine rings is 1. The van der Waals surface area contributed by atoms with E-state index in [1.54, 1.807) is 12.1 Å². The number of benzene rings is 1. The molecule has 1 aromatic heterocycles. The molecule has 2 fully saturated rings. The van der Waals surface area contributed by atoms with Crippen molar-refractivity contribution in [3.8, 4) is 5.75 Å². The zero-order chi connectivity index (χ0) is 16.5. The number of nitrogens with zero attached hydrogens (tertiary/aromatic N) is 2. The first kappa shape index (κ1) is 15.0. The Morgan fingerprint density at radius 2 is 1.92 bits per heavy atom. The van der Waals surface area contributed by atoms with Crippen molar-refractivity contribution in [3.05, 3.63) is 53.7 Å². The predicted octanol–water partition coefficient (Wildman–Crippen LogP) is 4.03. The number of carbonyl (C=O) groups excluding carboxylic acids is 1. The Morgan fingerprint density at radius 3 is 2.67 bits per heavy atom. The molecule has 2 aromatic rings. The number of hydrogen-bond donors (Lipinski definition) is 2. The van der Waals surface area contributed by atoms with Crippen molar-refractivity contribution in [2.45, 2.75) is 37.6 Å². The van der Waals surface area contributed by atoms with Gasteiger partial charge in [-0.05, 0) is 55.5 Å². The van der Waals surface area contributed by atoms with Gasteiger partial charge < -0.3 is 10.0 Å². The molecule has 5 heteroatoms. The topological polar surface area (TPSA) is 65.5 Å². The lowest BCUT2D eigenvalue weighted by atomic mass is 10.0. The molecular formula is C19H21N3O2. The van der Waals surface area contributed by atoms with Gasteiger partial charge in [0, 0.05) is 18.2 Å². The van der Waals surface area contributed by atoms with Crippen LogP contribution in [-0.2, 0) is 0 Å². The number of aromatic nitrogens is 1. The van der Waals surface area contributed by atoms with Crippen LogP contribution in [0.4, 0.5) is 10.6 Å². The van der Waals surface area contributed by atoms with Gasteiger partial charge in [-0.25, -0.2) is 9.78 Å². The second-order valence-electron chi connectivity index (χ2n) is 6.60. The van der Waals surface area contributed by atoms with Crippen LogP contribution in [0.5, 0.6) is 5.75 Å². The van der Waals surface area contributed by atoms with Crippen LogP contribution in [0, 0.1) is 0 Å². The minimum atomic E-state index is -0.106. The largest absolute Gasteiger partial charge is 0.508 e. The summed E-state index contributed by atoms with van der Waals surface area (Å²) < 4.78 is 0. The molecule has 1 aromatic carbocycles. The molecule has 5 nitrogen and oxygen atoms in total. The number of hydrogen-bond acceptors (Lipinski definition) is 3. The van der Waals surface area contributed by atoms with Gasteiger partial charge in [0.2, 0.25) is 0 Å². The molecule has 124 valence electrons. The molecule has 1 saturated carbocycles. The van der Waals surface area contributed by atoms with Crippen LogP contribution in [0.2, 0.25) is 0 Å². The highest BCUT2D eigenvalue weighted by Gasteiger charge is 2.30. The maximum atomic E-state index is 12.7. The molecule has 1 atom stereocenters. The van der Waals surface area contributed by atoms with Crippen LogP contribution >= 0.6 is 0 Å². The van der Waals surface area contributed by atoms with Gasteiger partial charge in [0.25, 0.3) is 0 Å². The summed E-state index contributed by atoms with van der Waals surface area (Å²) in [6, 6.07) is 12.9. The van der Waals surface area contributed by atoms with Gasteiger partial charge in [0.05, 0.1) is 6.04 Å². The summed E-state index contributed by atoms with van der Waals surface area (Å²) in [7, 11) is 0. The van der Waals surface area contributed by atoms with E-state index < -0.39 is 0 Å². The zero-order valence-corrected chi connectivity index (χ0v) is 13.5. The molecule has 2 heterocycles. The number of phenols is 1. The zero-order valence-electron chi connectivity index (χ0n) is 13.5. The molecule has 4 rings (SSSR count). The number of phenolic OH excluding ortho intramolecular Hbond substituents is 1. The maximum Gasteiger partial charge on any atom is 0.323 e. The SMILES string of the molecule is O=C(Nc1cccc(C2CC2)n1)N1CCCC1c1ccc(O)cc1. The monoisotopic (exact) mass is 323 g/mol. The van der Waals surface area contributed by atoms with Gasteiger partial charge in [-0.15, -0.1) is 0 Å². The van der Waals surface area contributed by atoms with Gasteiger partial charge in [-0.2, -0.15) is 0 Å². The predicted molar refractivity (Wildman–Crippen MR) is 92.0 cm³/mol. The minimum Gasteiger partial charge on any atom is -0.508 e. The van der Waals surface area contributed by atoms with E-state index in [9.17, 15) is 9.90 Å². The highest BCUT2D eigenvalue weighted by molar-refractivity contribution is 5.88. The number of amides is 2. The van der Waals surface area contributed by atoms with Gasteiger partial charge in [0.15, 0.2) is 0 Å². The Hall–Kier alpha value is -2.56. The molecule has 24 heavy (non-hydrogen) atoms. The first-order chi connectivity index (χ1) is 11.7. The third kappa shape index (κ3) is 3.07. The summed E-state index contributed by atoms with van der Waals surface area (Å²) in [5.74, 6) is 1.44. The molecule has 0 bridgehead atoms. The van der Waals surface area contributed by atoms with Crippen LogP contribution in [0.25, 0.3) is 0 Å². The van der Waals surface area contributed by atoms with Crippen molar-refractivity contribution in [2.75, 3.05) is 11.9 Å². The van der Waals surface area contributed by atoms with Crippen molar-refractivity contribution < 1.29 is 9.90 Å². The van der Waals surface area contributed by atoms with Gasteiger partial charge in [0.1, 0.15) is 11.6 Å². The number of likely N-dealkylation sites (tertiary alicyclic amines) is 1. The van der Waals surface area contributed by atoms with E-state index in [0.29, 0.717) is 11.7 Å². The van der Waals surface area contributed by atoms with E-state index in [2.05, 4.69) is 10.3 Å². The maximum absolute atomic E-state index is 12.7. The average Bonchev–Trinajstić information content (AvgIpc) is 3.33. The lowest BCUT2D eigenvalue weighted by Gasteiger charge is -2.25. The van der Waals surface area contributed by atoms with E-state index in [4.69, 9.17) is 0 Å². The first-order valence-electron chi connectivity index (χ1n) is 8.54. The Labute approximate surface area is 141 Å². The number of rotatable bonds is 3. The summed E-state index contributed by atoms with van der Waals surface area (Å²) >= 11 is 0. The van der Waals surface area contributed by atoms with Crippen LogP contribution in [-0.4, -0.2) is 27.6 Å². The highest BCUT2D eigenvalue weighted by Crippen LogP contribution is 2.39. The van der Waals surface area contributed by atoms with E-state index in [1.807, 2.05) is 35.2 Å². The second-order valence-corrected chi connectivity index (χ2v) is 6.60. The van der Waals surface area contributed by atoms with Crippen molar-refractivity contribution in [2.24, 2.45) is 0 Å². The summed E-state index contributed by atoms with van der Waals surface area (Å²) in [5, 5.41) is 12.4. The Balaban J connectivity index is 1.48. The smallest absolute Gasteiger partial charge is 0.323 e. The number of urea groups is 1. The van der Waals surface area contributed by atoms with Gasteiger partial charge in [-0.3, -0.25) is 5.32 Å². The summed E-state index contributed by atoms with van der Waals surface area (Å²) in [6.45, 7) is 0.736. The third-order valence-corrected chi connectivity index (χ3v) is 4.79. The van der Waals surface area contributed by atoms with Gasteiger partial charge in [-0.1, -0.05) is 18.2 Å². The Morgan fingerprint density at radius 1 is 1.12 bits per heavy atom. The lowest BCUT2D eigenvalue weighted by Crippen LogP contribution is -2.34. The molecule has 1 aliphatic carbocycles. The Bertz CT molecular complexity index is 741. The molecular weight excluding hydrogens is 302 g/mol. The third-order valence-electron chi connectivity index (χ3n) is 4.79. The number of nitrogens with one attached hydrogen (secondary N) is 1. The second kappa shape index (κ2) is 6.15. The van der Waals surface area contributed by atoms with Crippen LogP contribution in [0.3, 0.4) is 0 Å². The number of aromatic hydroxyl groups is 1. The van der Waals surface area contributed by atoms with E-state index >= 15 is 0 Å². The molecule has 1 unspecified atom stereocenters. The quantitative estimate of drug-likeness (QED) is 0.896. The van der Waals surface area contributed by atoms with E-state index in [1.165, 1.54) is 12.8 Å². The first-order valence-corrected chi connectivity index (χ1v) is 8.54. The molecule has 0 radical (unpaired) electrons. The normalized spacial score (nSPS) is 20.2. The molecule has 2 N–H and O–H groups in total. The van der Waals surface area contributed by atoms with Gasteiger partial charge >= 0.3 is 6.03 Å².